The molecule has 30 heavy (non-hydrogen) atoms. The van der Waals surface area contributed by atoms with Crippen LogP contribution in [0.3, 0.4) is 0 Å². The topological polar surface area (TPSA) is 109 Å². The van der Waals surface area contributed by atoms with Crippen molar-refractivity contribution in [2.45, 2.75) is 11.3 Å². The summed E-state index contributed by atoms with van der Waals surface area (Å²) in [5, 5.41) is 12.8. The lowest BCUT2D eigenvalue weighted by atomic mass is 10.1. The first kappa shape index (κ1) is 20.8. The van der Waals surface area contributed by atoms with Gasteiger partial charge in [-0.2, -0.15) is 18.8 Å². The Bertz CT molecular complexity index is 1220. The summed E-state index contributed by atoms with van der Waals surface area (Å²) in [6, 6.07) is 23.0. The zero-order chi connectivity index (χ0) is 21.4. The maximum atomic E-state index is 12.6. The Hall–Kier alpha value is -3.96. The lowest BCUT2D eigenvalue weighted by Crippen LogP contribution is -2.19. The summed E-state index contributed by atoms with van der Waals surface area (Å²) in [4.78, 5) is 11.8. The van der Waals surface area contributed by atoms with Crippen molar-refractivity contribution < 1.29 is 17.4 Å². The molecule has 8 heteroatoms. The number of carbonyl (C=O) groups is 1. The minimum Gasteiger partial charge on any atom is -0.378 e. The summed E-state index contributed by atoms with van der Waals surface area (Å²) in [7, 11) is -4.15. The predicted octanol–water partition coefficient (Wildman–Crippen LogP) is 3.02. The highest BCUT2D eigenvalue weighted by Gasteiger charge is 2.18. The number of para-hydroxylation sites is 1. The van der Waals surface area contributed by atoms with Gasteiger partial charge in [-0.05, 0) is 35.9 Å². The highest BCUT2D eigenvalue weighted by Crippen LogP contribution is 2.22. The van der Waals surface area contributed by atoms with Crippen LogP contribution >= 0.6 is 0 Å². The normalized spacial score (nSPS) is 11.0. The van der Waals surface area contributed by atoms with E-state index in [4.69, 9.17) is 9.44 Å². The van der Waals surface area contributed by atoms with Crippen LogP contribution in [-0.4, -0.2) is 20.5 Å². The van der Waals surface area contributed by atoms with E-state index in [1.54, 1.807) is 18.2 Å². The summed E-state index contributed by atoms with van der Waals surface area (Å²) >= 11 is 0. The van der Waals surface area contributed by atoms with Crippen molar-refractivity contribution in [1.29, 1.82) is 5.26 Å². The third-order valence-electron chi connectivity index (χ3n) is 3.97. The summed E-state index contributed by atoms with van der Waals surface area (Å²) in [6.45, 7) is 0. The van der Waals surface area contributed by atoms with Gasteiger partial charge in [-0.1, -0.05) is 48.5 Å². The zero-order valence-corrected chi connectivity index (χ0v) is 16.5. The molecule has 0 bridgehead atoms. The van der Waals surface area contributed by atoms with Crippen LogP contribution in [0.1, 0.15) is 16.7 Å². The fourth-order valence-electron chi connectivity index (χ4n) is 2.55. The van der Waals surface area contributed by atoms with Crippen LogP contribution < -0.4 is 9.61 Å². The summed E-state index contributed by atoms with van der Waals surface area (Å²) in [6.07, 6.45) is 1.47. The van der Waals surface area contributed by atoms with Crippen LogP contribution in [0.2, 0.25) is 0 Å². The summed E-state index contributed by atoms with van der Waals surface area (Å²) in [5.74, 6) is -0.266. The molecule has 0 saturated carbocycles. The van der Waals surface area contributed by atoms with Gasteiger partial charge in [0, 0.05) is 5.56 Å². The molecule has 0 aromatic heterocycles. The Morgan fingerprint density at radius 1 is 1.03 bits per heavy atom. The number of hydrazone groups is 1. The van der Waals surface area contributed by atoms with Gasteiger partial charge in [0.2, 0.25) is 5.91 Å². The van der Waals surface area contributed by atoms with Crippen molar-refractivity contribution in [2.24, 2.45) is 5.10 Å². The molecule has 0 radical (unpaired) electrons. The largest absolute Gasteiger partial charge is 0.378 e. The first-order chi connectivity index (χ1) is 14.5. The van der Waals surface area contributed by atoms with Crippen LogP contribution in [0, 0.1) is 11.3 Å². The second kappa shape index (κ2) is 9.49. The lowest BCUT2D eigenvalue weighted by molar-refractivity contribution is -0.120. The van der Waals surface area contributed by atoms with Crippen molar-refractivity contribution in [2.75, 3.05) is 0 Å². The van der Waals surface area contributed by atoms with Crippen LogP contribution in [0.15, 0.2) is 88.9 Å². The number of rotatable bonds is 7. The Balaban J connectivity index is 1.72. The smallest absolute Gasteiger partial charge is 0.339 e. The molecule has 0 fully saturated rings. The molecule has 1 amide bonds. The highest BCUT2D eigenvalue weighted by molar-refractivity contribution is 7.87. The Kier molecular flexibility index (Phi) is 6.57. The Morgan fingerprint density at radius 3 is 2.53 bits per heavy atom. The maximum absolute atomic E-state index is 12.6. The summed E-state index contributed by atoms with van der Waals surface area (Å²) < 4.78 is 30.4. The second-order valence-electron chi connectivity index (χ2n) is 6.17. The van der Waals surface area contributed by atoms with E-state index in [0.717, 1.165) is 5.56 Å². The van der Waals surface area contributed by atoms with Gasteiger partial charge in [-0.15, -0.1) is 0 Å². The average molecular weight is 419 g/mol. The van der Waals surface area contributed by atoms with E-state index in [0.29, 0.717) is 5.56 Å². The first-order valence-corrected chi connectivity index (χ1v) is 10.3. The minimum absolute atomic E-state index is 0.0425. The molecular formula is C22H17N3O4S. The van der Waals surface area contributed by atoms with E-state index in [1.165, 1.54) is 36.5 Å². The average Bonchev–Trinajstić information content (AvgIpc) is 2.75. The molecule has 3 rings (SSSR count). The highest BCUT2D eigenvalue weighted by atomic mass is 32.2. The van der Waals surface area contributed by atoms with Gasteiger partial charge in [0.1, 0.15) is 4.90 Å². The van der Waals surface area contributed by atoms with Gasteiger partial charge in [0.25, 0.3) is 0 Å². The van der Waals surface area contributed by atoms with Crippen molar-refractivity contribution in [3.8, 4) is 11.8 Å². The molecule has 1 N–H and O–H groups in total. The van der Waals surface area contributed by atoms with Crippen LogP contribution in [0.25, 0.3) is 0 Å². The van der Waals surface area contributed by atoms with Gasteiger partial charge < -0.3 is 4.18 Å². The van der Waals surface area contributed by atoms with Crippen molar-refractivity contribution in [1.82, 2.24) is 5.43 Å². The Labute approximate surface area is 174 Å². The Morgan fingerprint density at radius 2 is 1.77 bits per heavy atom. The molecule has 0 aliphatic rings. The molecule has 0 unspecified atom stereocenters. The van der Waals surface area contributed by atoms with Gasteiger partial charge in [0.15, 0.2) is 5.75 Å². The quantitative estimate of drug-likeness (QED) is 0.360. The number of hydrogen-bond donors (Lipinski definition) is 1. The first-order valence-electron chi connectivity index (χ1n) is 8.87. The molecule has 0 heterocycles. The van der Waals surface area contributed by atoms with E-state index in [2.05, 4.69) is 10.5 Å². The van der Waals surface area contributed by atoms with Gasteiger partial charge in [-0.3, -0.25) is 4.79 Å². The van der Waals surface area contributed by atoms with Crippen molar-refractivity contribution >= 4 is 22.2 Å². The maximum Gasteiger partial charge on any atom is 0.339 e. The van der Waals surface area contributed by atoms with Crippen molar-refractivity contribution in [3.05, 3.63) is 95.6 Å². The third-order valence-corrected chi connectivity index (χ3v) is 5.20. The van der Waals surface area contributed by atoms with Crippen molar-refractivity contribution in [3.63, 3.8) is 0 Å². The predicted molar refractivity (Wildman–Crippen MR) is 111 cm³/mol. The van der Waals surface area contributed by atoms with Gasteiger partial charge in [0.05, 0.1) is 24.3 Å². The fraction of sp³-hybridized carbons (Fsp3) is 0.0455. The number of hydrogen-bond acceptors (Lipinski definition) is 6. The molecule has 3 aromatic rings. The molecule has 0 aliphatic heterocycles. The minimum atomic E-state index is -4.15. The fourth-order valence-corrected chi connectivity index (χ4v) is 3.55. The number of amides is 1. The standard InChI is InChI=1S/C22H17N3O4S/c23-15-18-9-6-11-20(13-18)30(27,28)29-21-12-5-4-10-19(21)16-24-25-22(26)14-17-7-2-1-3-8-17/h1-13,16H,14H2,(H,25,26)/b24-16+. The van der Waals surface area contributed by atoms with Gasteiger partial charge >= 0.3 is 10.1 Å². The number of nitriles is 1. The third kappa shape index (κ3) is 5.53. The molecule has 7 nitrogen and oxygen atoms in total. The van der Waals surface area contributed by atoms with E-state index < -0.39 is 10.1 Å². The molecular weight excluding hydrogens is 402 g/mol. The van der Waals surface area contributed by atoms with E-state index in [9.17, 15) is 13.2 Å². The zero-order valence-electron chi connectivity index (χ0n) is 15.7. The van der Waals surface area contributed by atoms with E-state index in [-0.39, 0.29) is 28.5 Å². The number of benzene rings is 3. The second-order valence-corrected chi connectivity index (χ2v) is 7.72. The molecule has 0 spiro atoms. The number of nitrogens with zero attached hydrogens (tertiary/aromatic N) is 2. The number of nitrogens with one attached hydrogen (secondary N) is 1. The molecule has 0 aliphatic carbocycles. The SMILES string of the molecule is N#Cc1cccc(S(=O)(=O)Oc2ccccc2/C=N/NC(=O)Cc2ccccc2)c1. The summed E-state index contributed by atoms with van der Waals surface area (Å²) in [5.41, 5.74) is 3.82. The molecule has 0 saturated heterocycles. The van der Waals surface area contributed by atoms with Crippen LogP contribution in [0.4, 0.5) is 0 Å². The van der Waals surface area contributed by atoms with Gasteiger partial charge in [-0.25, -0.2) is 5.43 Å². The molecule has 0 atom stereocenters. The van der Waals surface area contributed by atoms with Crippen LogP contribution in [0.5, 0.6) is 5.75 Å². The van der Waals surface area contributed by atoms with E-state index >= 15 is 0 Å². The monoisotopic (exact) mass is 419 g/mol. The van der Waals surface area contributed by atoms with Crippen LogP contribution in [-0.2, 0) is 21.3 Å². The number of carbonyl (C=O) groups excluding carboxylic acids is 1. The lowest BCUT2D eigenvalue weighted by Gasteiger charge is -2.09. The molecule has 3 aromatic carbocycles. The van der Waals surface area contributed by atoms with E-state index in [1.807, 2.05) is 36.4 Å². The molecule has 150 valence electrons.